The van der Waals surface area contributed by atoms with Crippen molar-refractivity contribution in [2.45, 2.75) is 33.6 Å². The van der Waals surface area contributed by atoms with Gasteiger partial charge in [-0.05, 0) is 54.3 Å². The van der Waals surface area contributed by atoms with Crippen LogP contribution < -0.4 is 5.32 Å². The first-order valence-corrected chi connectivity index (χ1v) is 14.4. The molecule has 0 radical (unpaired) electrons. The molecule has 0 saturated carbocycles. The van der Waals surface area contributed by atoms with Gasteiger partial charge in [-0.15, -0.1) is 0 Å². The third kappa shape index (κ3) is 6.58. The van der Waals surface area contributed by atoms with E-state index in [0.29, 0.717) is 22.1 Å². The number of alkyl halides is 6. The minimum atomic E-state index is -4.70. The average molecular weight is 560 g/mol. The molecule has 3 aromatic rings. The zero-order valence-electron chi connectivity index (χ0n) is 19.6. The molecule has 3 aromatic carbocycles. The Kier molecular flexibility index (Phi) is 7.63. The van der Waals surface area contributed by atoms with Gasteiger partial charge < -0.3 is 5.32 Å². The lowest BCUT2D eigenvalue weighted by Gasteiger charge is -2.20. The summed E-state index contributed by atoms with van der Waals surface area (Å²) in [7, 11) is -6.33. The van der Waals surface area contributed by atoms with Crippen LogP contribution >= 0.6 is 9.21 Å². The summed E-state index contributed by atoms with van der Waals surface area (Å²) in [4.78, 5) is -0.417. The summed E-state index contributed by atoms with van der Waals surface area (Å²) in [5.74, 6) is 7.83. The highest BCUT2D eigenvalue weighted by atomic mass is 32.2. The zero-order valence-corrected chi connectivity index (χ0v) is 21.2. The Balaban J connectivity index is 1.87. The van der Waals surface area contributed by atoms with E-state index < -0.39 is 47.4 Å². The minimum absolute atomic E-state index is 0.0472. The van der Waals surface area contributed by atoms with E-state index in [-0.39, 0.29) is 17.1 Å². The molecule has 0 aliphatic heterocycles. The van der Waals surface area contributed by atoms with Gasteiger partial charge in [0.05, 0.1) is 20.9 Å². The molecule has 37 heavy (non-hydrogen) atoms. The normalized spacial score (nSPS) is 12.8. The van der Waals surface area contributed by atoms with Gasteiger partial charge in [-0.2, -0.15) is 35.5 Å². The Morgan fingerprint density at radius 1 is 0.811 bits per heavy atom. The molecule has 0 fully saturated rings. The molecule has 0 aliphatic carbocycles. The first kappa shape index (κ1) is 28.4. The third-order valence-electron chi connectivity index (χ3n) is 5.35. The Bertz CT molecular complexity index is 1550. The van der Waals surface area contributed by atoms with Crippen LogP contribution in [-0.2, 0) is 28.7 Å². The zero-order chi connectivity index (χ0) is 27.8. The monoisotopic (exact) mass is 559 g/mol. The van der Waals surface area contributed by atoms with Crippen molar-refractivity contribution in [3.05, 3.63) is 95.6 Å². The molecule has 0 atom stereocenters. The maximum absolute atomic E-state index is 13.2. The summed E-state index contributed by atoms with van der Waals surface area (Å²) < 4.78 is 105. The predicted molar refractivity (Wildman–Crippen MR) is 137 cm³/mol. The van der Waals surface area contributed by atoms with Crippen molar-refractivity contribution in [3.63, 3.8) is 0 Å². The molecule has 11 heteroatoms. The van der Waals surface area contributed by atoms with Crippen LogP contribution in [0.3, 0.4) is 0 Å². The smallest absolute Gasteiger partial charge is 0.381 e. The molecule has 0 unspecified atom stereocenters. The number of sulfone groups is 1. The van der Waals surface area contributed by atoms with Crippen molar-refractivity contribution < 1.29 is 34.8 Å². The van der Waals surface area contributed by atoms with Crippen molar-refractivity contribution in [1.29, 1.82) is 0 Å². The summed E-state index contributed by atoms with van der Waals surface area (Å²) in [6.07, 6.45) is -7.60. The number of hydrogen-bond acceptors (Lipinski definition) is 3. The summed E-state index contributed by atoms with van der Waals surface area (Å²) in [5.41, 5.74) is -0.788. The van der Waals surface area contributed by atoms with Crippen molar-refractivity contribution in [2.75, 3.05) is 6.26 Å². The highest BCUT2D eigenvalue weighted by molar-refractivity contribution is 8.27. The Morgan fingerprint density at radius 3 is 1.92 bits per heavy atom. The van der Waals surface area contributed by atoms with Crippen LogP contribution in [0.15, 0.2) is 88.0 Å². The van der Waals surface area contributed by atoms with Crippen LogP contribution in [0.5, 0.6) is 0 Å². The van der Waals surface area contributed by atoms with Crippen molar-refractivity contribution >= 4 is 36.5 Å². The first-order valence-electron chi connectivity index (χ1n) is 10.5. The molecule has 0 aromatic heterocycles. The lowest BCUT2D eigenvalue weighted by molar-refractivity contribution is -0.138. The van der Waals surface area contributed by atoms with Crippen LogP contribution in [0.1, 0.15) is 22.3 Å². The number of hydrogen-bond donors (Lipinski definition) is 1. The molecule has 198 valence electrons. The highest BCUT2D eigenvalue weighted by Gasteiger charge is 2.32. The molecular weight excluding hydrogens is 536 g/mol. The third-order valence-corrected chi connectivity index (χ3v) is 8.50. The van der Waals surface area contributed by atoms with Crippen molar-refractivity contribution in [2.24, 2.45) is 0 Å². The van der Waals surface area contributed by atoms with Crippen LogP contribution in [-0.4, -0.2) is 26.4 Å². The summed E-state index contributed by atoms with van der Waals surface area (Å²) >= 11 is 0. The molecule has 0 bridgehead atoms. The fourth-order valence-corrected chi connectivity index (χ4v) is 5.97. The van der Waals surface area contributed by atoms with E-state index in [0.717, 1.165) is 30.3 Å². The van der Waals surface area contributed by atoms with Gasteiger partial charge in [-0.25, -0.2) is 8.42 Å². The Labute approximate surface area is 211 Å². The van der Waals surface area contributed by atoms with Gasteiger partial charge in [0, 0.05) is 22.7 Å². The largest absolute Gasteiger partial charge is 0.416 e. The number of benzene rings is 3. The standard InChI is InChI=1S/C26H23F6NO2S2/c1-17(23-12-11-20(26(30,31)32)15-24(23)36(2,3)4)33-16-18-7-5-9-21(13-18)37(34,35)22-10-6-8-19(14-22)25(27,28)29/h5-15,33H,1-3,16H2,4H3. The van der Waals surface area contributed by atoms with E-state index in [1.807, 2.05) is 0 Å². The molecule has 0 aliphatic rings. The van der Waals surface area contributed by atoms with Gasteiger partial charge in [-0.3, -0.25) is 0 Å². The number of rotatable bonds is 7. The summed E-state index contributed by atoms with van der Waals surface area (Å²) in [6, 6.07) is 12.3. The lowest BCUT2D eigenvalue weighted by Crippen LogP contribution is -2.14. The second-order valence-electron chi connectivity index (χ2n) is 8.49. The lowest BCUT2D eigenvalue weighted by atomic mass is 10.1. The Hall–Kier alpha value is -3.18. The Morgan fingerprint density at radius 2 is 1.35 bits per heavy atom. The van der Waals surface area contributed by atoms with Crippen LogP contribution in [0.2, 0.25) is 0 Å². The predicted octanol–water partition coefficient (Wildman–Crippen LogP) is 6.97. The van der Waals surface area contributed by atoms with Gasteiger partial charge in [-0.1, -0.05) is 42.6 Å². The van der Waals surface area contributed by atoms with Crippen molar-refractivity contribution in [1.82, 2.24) is 5.32 Å². The maximum atomic E-state index is 13.2. The van der Waals surface area contributed by atoms with E-state index >= 15 is 0 Å². The second-order valence-corrected chi connectivity index (χ2v) is 13.4. The molecular formula is C26H23F6NO2S2. The molecule has 3 nitrogen and oxygen atoms in total. The molecule has 3 rings (SSSR count). The number of nitrogens with one attached hydrogen (secondary N) is 1. The molecule has 0 heterocycles. The quantitative estimate of drug-likeness (QED) is 0.251. The topological polar surface area (TPSA) is 46.2 Å². The van der Waals surface area contributed by atoms with E-state index in [9.17, 15) is 34.8 Å². The minimum Gasteiger partial charge on any atom is -0.381 e. The van der Waals surface area contributed by atoms with Crippen LogP contribution in [0, 0.1) is 0 Å². The molecule has 0 saturated heterocycles. The second kappa shape index (κ2) is 9.94. The van der Waals surface area contributed by atoms with Gasteiger partial charge in [0.1, 0.15) is 0 Å². The van der Waals surface area contributed by atoms with Crippen LogP contribution in [0.4, 0.5) is 26.3 Å². The summed E-state index contributed by atoms with van der Waals surface area (Å²) in [5, 5.41) is 2.97. The van der Waals surface area contributed by atoms with E-state index in [2.05, 4.69) is 23.6 Å². The van der Waals surface area contributed by atoms with Gasteiger partial charge in [0.25, 0.3) is 0 Å². The fourth-order valence-electron chi connectivity index (χ4n) is 3.46. The van der Waals surface area contributed by atoms with Gasteiger partial charge >= 0.3 is 12.4 Å². The van der Waals surface area contributed by atoms with E-state index in [1.54, 1.807) is 12.3 Å². The molecule has 1 N–H and O–H groups in total. The van der Waals surface area contributed by atoms with Crippen molar-refractivity contribution in [3.8, 4) is 0 Å². The highest BCUT2D eigenvalue weighted by Crippen LogP contribution is 2.39. The van der Waals surface area contributed by atoms with Gasteiger partial charge in [0.2, 0.25) is 9.84 Å². The summed E-state index contributed by atoms with van der Waals surface area (Å²) in [6.45, 7) is 3.95. The SMILES string of the molecule is C=C(NCc1cccc(S(=O)(=O)c2cccc(C(F)(F)F)c2)c1)c1ccc(C(F)(F)F)cc1S(=C)(=C)C. The maximum Gasteiger partial charge on any atom is 0.416 e. The first-order chi connectivity index (χ1) is 16.9. The van der Waals surface area contributed by atoms with E-state index in [4.69, 9.17) is 0 Å². The fraction of sp³-hybridized carbons (Fsp3) is 0.154. The van der Waals surface area contributed by atoms with E-state index in [1.165, 1.54) is 24.3 Å². The molecule has 0 amide bonds. The average Bonchev–Trinajstić information content (AvgIpc) is 2.80. The van der Waals surface area contributed by atoms with Gasteiger partial charge in [0.15, 0.2) is 0 Å². The molecule has 0 spiro atoms. The number of halogens is 6. The van der Waals surface area contributed by atoms with Crippen LogP contribution in [0.25, 0.3) is 5.70 Å².